The average Bonchev–Trinajstić information content (AvgIpc) is 2.50. The summed E-state index contributed by atoms with van der Waals surface area (Å²) in [7, 11) is 0. The summed E-state index contributed by atoms with van der Waals surface area (Å²) in [5, 5.41) is 40.1. The van der Waals surface area contributed by atoms with Crippen molar-refractivity contribution < 1.29 is 23.7 Å². The molecule has 2 N–H and O–H groups in total. The van der Waals surface area contributed by atoms with E-state index in [4.69, 9.17) is 3.63 Å². The fraction of sp³-hybridized carbons (Fsp3) is 0. The van der Waals surface area contributed by atoms with Gasteiger partial charge in [-0.15, -0.1) is 0 Å². The Balaban J connectivity index is 2.03. The first-order valence-corrected chi connectivity index (χ1v) is 7.33. The molecule has 0 fully saturated rings. The topological polar surface area (TPSA) is 136 Å². The third-order valence-corrected chi connectivity index (χ3v) is 3.98. The SMILES string of the molecule is O=[N+]([O-])c1cc(SOSc2ccc(O)c([N+](=O)[O-])c2)ccc1O. The Kier molecular flexibility index (Phi) is 5.26. The monoisotopic (exact) mass is 356 g/mol. The van der Waals surface area contributed by atoms with E-state index < -0.39 is 32.7 Å². The summed E-state index contributed by atoms with van der Waals surface area (Å²) < 4.78 is 5.18. The van der Waals surface area contributed by atoms with Gasteiger partial charge in [0.15, 0.2) is 11.5 Å². The summed E-state index contributed by atoms with van der Waals surface area (Å²) in [4.78, 5) is 20.7. The lowest BCUT2D eigenvalue weighted by atomic mass is 10.3. The zero-order chi connectivity index (χ0) is 17.0. The van der Waals surface area contributed by atoms with Crippen LogP contribution >= 0.6 is 24.1 Å². The molecule has 2 aromatic carbocycles. The zero-order valence-corrected chi connectivity index (χ0v) is 12.7. The second-order valence-corrected chi connectivity index (χ2v) is 5.87. The molecular weight excluding hydrogens is 348 g/mol. The van der Waals surface area contributed by atoms with Gasteiger partial charge in [0.1, 0.15) is 0 Å². The highest BCUT2D eigenvalue weighted by molar-refractivity contribution is 8.07. The molecule has 120 valence electrons. The van der Waals surface area contributed by atoms with Crippen LogP contribution in [0.4, 0.5) is 11.4 Å². The van der Waals surface area contributed by atoms with Crippen molar-refractivity contribution in [2.45, 2.75) is 9.79 Å². The molecule has 0 saturated carbocycles. The Morgan fingerprint density at radius 2 is 1.22 bits per heavy atom. The highest BCUT2D eigenvalue weighted by Crippen LogP contribution is 2.37. The highest BCUT2D eigenvalue weighted by atomic mass is 32.2. The summed E-state index contributed by atoms with van der Waals surface area (Å²) >= 11 is 1.58. The van der Waals surface area contributed by atoms with Gasteiger partial charge >= 0.3 is 11.4 Å². The van der Waals surface area contributed by atoms with Gasteiger partial charge in [-0.05, 0) is 24.3 Å². The number of aromatic hydroxyl groups is 2. The highest BCUT2D eigenvalue weighted by Gasteiger charge is 2.16. The van der Waals surface area contributed by atoms with E-state index in [0.717, 1.165) is 36.2 Å². The van der Waals surface area contributed by atoms with Crippen molar-refractivity contribution in [3.05, 3.63) is 56.6 Å². The van der Waals surface area contributed by atoms with E-state index >= 15 is 0 Å². The van der Waals surface area contributed by atoms with Gasteiger partial charge in [0.2, 0.25) is 0 Å². The predicted octanol–water partition coefficient (Wildman–Crippen LogP) is 3.65. The summed E-state index contributed by atoms with van der Waals surface area (Å²) in [5.41, 5.74) is -0.909. The van der Waals surface area contributed by atoms with Crippen molar-refractivity contribution in [1.82, 2.24) is 0 Å². The second-order valence-electron chi connectivity index (χ2n) is 4.05. The van der Waals surface area contributed by atoms with Crippen LogP contribution in [0.5, 0.6) is 11.5 Å². The average molecular weight is 356 g/mol. The number of hydrogen-bond donors (Lipinski definition) is 2. The molecule has 0 aromatic heterocycles. The van der Waals surface area contributed by atoms with Gasteiger partial charge in [-0.2, -0.15) is 0 Å². The van der Waals surface area contributed by atoms with Gasteiger partial charge in [0.05, 0.1) is 9.85 Å². The van der Waals surface area contributed by atoms with Gasteiger partial charge in [-0.25, -0.2) is 3.63 Å². The summed E-state index contributed by atoms with van der Waals surface area (Å²) in [6, 6.07) is 7.46. The molecule has 23 heavy (non-hydrogen) atoms. The second kappa shape index (κ2) is 7.17. The van der Waals surface area contributed by atoms with E-state index in [1.165, 1.54) is 24.3 Å². The van der Waals surface area contributed by atoms with Crippen LogP contribution in [0, 0.1) is 20.2 Å². The minimum absolute atomic E-state index is 0.371. The zero-order valence-electron chi connectivity index (χ0n) is 11.1. The Morgan fingerprint density at radius 1 is 0.826 bits per heavy atom. The summed E-state index contributed by atoms with van der Waals surface area (Å²) in [5.74, 6) is -0.915. The third-order valence-electron chi connectivity index (χ3n) is 2.55. The van der Waals surface area contributed by atoms with Gasteiger partial charge in [-0.3, -0.25) is 20.2 Å². The number of phenols is 2. The van der Waals surface area contributed by atoms with Crippen LogP contribution in [0.1, 0.15) is 0 Å². The molecule has 0 atom stereocenters. The third kappa shape index (κ3) is 4.25. The fourth-order valence-electron chi connectivity index (χ4n) is 1.50. The van der Waals surface area contributed by atoms with E-state index in [0.29, 0.717) is 9.79 Å². The quantitative estimate of drug-likeness (QED) is 0.451. The molecule has 0 heterocycles. The number of rotatable bonds is 6. The van der Waals surface area contributed by atoms with Crippen LogP contribution in [-0.4, -0.2) is 20.1 Å². The molecular formula is C12H8N2O7S2. The molecule has 0 bridgehead atoms. The molecule has 0 aliphatic carbocycles. The lowest BCUT2D eigenvalue weighted by molar-refractivity contribution is -0.386. The first-order chi connectivity index (χ1) is 10.9. The standard InChI is InChI=1S/C12H8N2O7S2/c15-11-3-1-7(5-9(11)13(17)18)22-21-23-8-2-4-12(16)10(6-8)14(19)20/h1-6,15-16H. The van der Waals surface area contributed by atoms with Gasteiger partial charge in [0.25, 0.3) is 0 Å². The largest absolute Gasteiger partial charge is 0.502 e. The van der Waals surface area contributed by atoms with E-state index in [9.17, 15) is 30.4 Å². The first kappa shape index (κ1) is 16.9. The maximum absolute atomic E-state index is 10.7. The van der Waals surface area contributed by atoms with Gasteiger partial charge in [-0.1, -0.05) is 0 Å². The number of nitrogens with zero attached hydrogens (tertiary/aromatic N) is 2. The molecule has 0 aliphatic rings. The van der Waals surface area contributed by atoms with Crippen molar-refractivity contribution in [2.24, 2.45) is 0 Å². The van der Waals surface area contributed by atoms with Crippen molar-refractivity contribution >= 4 is 35.5 Å². The van der Waals surface area contributed by atoms with Crippen molar-refractivity contribution in [3.63, 3.8) is 0 Å². The molecule has 9 nitrogen and oxygen atoms in total. The molecule has 0 aliphatic heterocycles. The molecule has 0 radical (unpaired) electrons. The lowest BCUT2D eigenvalue weighted by Gasteiger charge is -2.03. The number of nitro groups is 2. The Morgan fingerprint density at radius 3 is 1.57 bits per heavy atom. The molecule has 2 rings (SSSR count). The Labute approximate surface area is 137 Å². The van der Waals surface area contributed by atoms with Crippen LogP contribution in [0.3, 0.4) is 0 Å². The smallest absolute Gasteiger partial charge is 0.311 e. The van der Waals surface area contributed by atoms with E-state index in [2.05, 4.69) is 0 Å². The minimum atomic E-state index is -0.726. The van der Waals surface area contributed by atoms with Crippen molar-refractivity contribution in [3.8, 4) is 11.5 Å². The Bertz CT molecular complexity index is 706. The predicted molar refractivity (Wildman–Crippen MR) is 82.3 cm³/mol. The fourth-order valence-corrected chi connectivity index (χ4v) is 2.83. The van der Waals surface area contributed by atoms with Gasteiger partial charge < -0.3 is 10.2 Å². The van der Waals surface area contributed by atoms with Crippen molar-refractivity contribution in [2.75, 3.05) is 0 Å². The van der Waals surface area contributed by atoms with Crippen LogP contribution < -0.4 is 0 Å². The number of nitro benzene ring substituents is 2. The minimum Gasteiger partial charge on any atom is -0.502 e. The van der Waals surface area contributed by atoms with Crippen LogP contribution in [0.25, 0.3) is 0 Å². The number of benzene rings is 2. The first-order valence-electron chi connectivity index (χ1n) is 5.84. The summed E-state index contributed by atoms with van der Waals surface area (Å²) in [6.45, 7) is 0. The normalized spacial score (nSPS) is 10.4. The van der Waals surface area contributed by atoms with Crippen LogP contribution in [-0.2, 0) is 3.63 Å². The molecule has 0 unspecified atom stereocenters. The van der Waals surface area contributed by atoms with Crippen LogP contribution in [0.15, 0.2) is 46.2 Å². The number of hydrogen-bond acceptors (Lipinski definition) is 9. The molecule has 0 spiro atoms. The molecule has 11 heteroatoms. The summed E-state index contributed by atoms with van der Waals surface area (Å²) in [6.07, 6.45) is 0. The maximum Gasteiger partial charge on any atom is 0.311 e. The van der Waals surface area contributed by atoms with Crippen molar-refractivity contribution in [1.29, 1.82) is 0 Å². The van der Waals surface area contributed by atoms with E-state index in [1.54, 1.807) is 0 Å². The van der Waals surface area contributed by atoms with Gasteiger partial charge in [0, 0.05) is 46.0 Å². The van der Waals surface area contributed by atoms with Crippen LogP contribution in [0.2, 0.25) is 0 Å². The maximum atomic E-state index is 10.7. The molecule has 0 saturated heterocycles. The van der Waals surface area contributed by atoms with E-state index in [1.807, 2.05) is 0 Å². The lowest BCUT2D eigenvalue weighted by Crippen LogP contribution is -1.89. The molecule has 0 amide bonds. The Hall–Kier alpha value is -2.50. The molecule has 2 aromatic rings. The van der Waals surface area contributed by atoms with E-state index in [-0.39, 0.29) is 0 Å². The number of phenolic OH excluding ortho intramolecular Hbond substituents is 2.